The van der Waals surface area contributed by atoms with Crippen LogP contribution in [0, 0.1) is 6.92 Å². The SMILES string of the molecule is Cc1ccc(OCC(=O)NNC(=O)c2ccncc2)cc1. The average molecular weight is 285 g/mol. The van der Waals surface area contributed by atoms with Gasteiger partial charge in [-0.05, 0) is 31.2 Å². The van der Waals surface area contributed by atoms with Crippen LogP contribution < -0.4 is 15.6 Å². The zero-order chi connectivity index (χ0) is 15.1. The fourth-order valence-corrected chi connectivity index (χ4v) is 1.52. The molecule has 2 rings (SSSR count). The van der Waals surface area contributed by atoms with E-state index in [1.165, 1.54) is 12.4 Å². The lowest BCUT2D eigenvalue weighted by Crippen LogP contribution is -2.43. The van der Waals surface area contributed by atoms with E-state index in [0.717, 1.165) is 5.56 Å². The van der Waals surface area contributed by atoms with Crippen molar-refractivity contribution < 1.29 is 14.3 Å². The van der Waals surface area contributed by atoms with Gasteiger partial charge in [0.25, 0.3) is 11.8 Å². The van der Waals surface area contributed by atoms with Gasteiger partial charge in [-0.25, -0.2) is 0 Å². The Bertz CT molecular complexity index is 612. The molecule has 0 aliphatic carbocycles. The lowest BCUT2D eigenvalue weighted by atomic mass is 10.2. The van der Waals surface area contributed by atoms with Crippen molar-refractivity contribution in [1.82, 2.24) is 15.8 Å². The molecule has 1 aromatic carbocycles. The van der Waals surface area contributed by atoms with Gasteiger partial charge < -0.3 is 4.74 Å². The number of nitrogens with zero attached hydrogens (tertiary/aromatic N) is 1. The summed E-state index contributed by atoms with van der Waals surface area (Å²) in [6.07, 6.45) is 2.99. The number of benzene rings is 1. The summed E-state index contributed by atoms with van der Waals surface area (Å²) in [5.41, 5.74) is 6.09. The quantitative estimate of drug-likeness (QED) is 0.828. The van der Waals surface area contributed by atoms with Gasteiger partial charge in [0.2, 0.25) is 0 Å². The van der Waals surface area contributed by atoms with Gasteiger partial charge in [0, 0.05) is 18.0 Å². The van der Waals surface area contributed by atoms with Crippen molar-refractivity contribution in [3.05, 3.63) is 59.9 Å². The molecule has 0 atom stereocenters. The molecule has 0 saturated carbocycles. The molecular weight excluding hydrogens is 270 g/mol. The maximum atomic E-state index is 11.7. The van der Waals surface area contributed by atoms with Crippen LogP contribution in [0.4, 0.5) is 0 Å². The van der Waals surface area contributed by atoms with E-state index >= 15 is 0 Å². The first-order valence-electron chi connectivity index (χ1n) is 6.34. The van der Waals surface area contributed by atoms with E-state index in [9.17, 15) is 9.59 Å². The number of hydrogen-bond acceptors (Lipinski definition) is 4. The van der Waals surface area contributed by atoms with Crippen molar-refractivity contribution >= 4 is 11.8 Å². The average Bonchev–Trinajstić information content (AvgIpc) is 2.53. The summed E-state index contributed by atoms with van der Waals surface area (Å²) in [6.45, 7) is 1.78. The van der Waals surface area contributed by atoms with Gasteiger partial charge in [-0.2, -0.15) is 0 Å². The van der Waals surface area contributed by atoms with Crippen LogP contribution in [0.5, 0.6) is 5.75 Å². The largest absolute Gasteiger partial charge is 0.484 e. The first-order chi connectivity index (χ1) is 10.1. The van der Waals surface area contributed by atoms with Gasteiger partial charge in [0.15, 0.2) is 6.61 Å². The third kappa shape index (κ3) is 4.61. The number of nitrogens with one attached hydrogen (secondary N) is 2. The highest BCUT2D eigenvalue weighted by atomic mass is 16.5. The number of hydrazine groups is 1. The zero-order valence-corrected chi connectivity index (χ0v) is 11.5. The number of pyridine rings is 1. The van der Waals surface area contributed by atoms with E-state index in [1.54, 1.807) is 24.3 Å². The summed E-state index contributed by atoms with van der Waals surface area (Å²) in [7, 11) is 0. The highest BCUT2D eigenvalue weighted by Crippen LogP contribution is 2.10. The van der Waals surface area contributed by atoms with E-state index in [0.29, 0.717) is 11.3 Å². The molecule has 0 bridgehead atoms. The first-order valence-corrected chi connectivity index (χ1v) is 6.34. The van der Waals surface area contributed by atoms with E-state index in [4.69, 9.17) is 4.74 Å². The molecule has 6 heteroatoms. The van der Waals surface area contributed by atoms with Gasteiger partial charge >= 0.3 is 0 Å². The first kappa shape index (κ1) is 14.5. The third-order valence-electron chi connectivity index (χ3n) is 2.65. The summed E-state index contributed by atoms with van der Waals surface area (Å²) in [6, 6.07) is 10.4. The lowest BCUT2D eigenvalue weighted by Gasteiger charge is -2.08. The molecule has 6 nitrogen and oxygen atoms in total. The molecule has 0 aliphatic rings. The Labute approximate surface area is 122 Å². The number of aryl methyl sites for hydroxylation is 1. The van der Waals surface area contributed by atoms with Gasteiger partial charge in [-0.3, -0.25) is 25.4 Å². The molecule has 0 radical (unpaired) electrons. The molecule has 0 saturated heterocycles. The second kappa shape index (κ2) is 7.04. The summed E-state index contributed by atoms with van der Waals surface area (Å²) >= 11 is 0. The van der Waals surface area contributed by atoms with Crippen LogP contribution in [0.3, 0.4) is 0 Å². The van der Waals surface area contributed by atoms with Gasteiger partial charge in [0.05, 0.1) is 0 Å². The molecule has 0 unspecified atom stereocenters. The second-order valence-corrected chi connectivity index (χ2v) is 4.34. The Kier molecular flexibility index (Phi) is 4.87. The van der Waals surface area contributed by atoms with Crippen molar-refractivity contribution in [1.29, 1.82) is 0 Å². The number of ether oxygens (including phenoxy) is 1. The molecule has 1 aromatic heterocycles. The fourth-order valence-electron chi connectivity index (χ4n) is 1.52. The van der Waals surface area contributed by atoms with Crippen LogP contribution in [0.2, 0.25) is 0 Å². The summed E-state index contributed by atoms with van der Waals surface area (Å²) in [5.74, 6) is -0.268. The fraction of sp³-hybridized carbons (Fsp3) is 0.133. The Morgan fingerprint density at radius 1 is 1.05 bits per heavy atom. The van der Waals surface area contributed by atoms with E-state index in [1.807, 2.05) is 19.1 Å². The Hall–Kier alpha value is -2.89. The topological polar surface area (TPSA) is 80.3 Å². The third-order valence-corrected chi connectivity index (χ3v) is 2.65. The maximum absolute atomic E-state index is 11.7. The number of carbonyl (C=O) groups is 2. The highest BCUT2D eigenvalue weighted by Gasteiger charge is 2.07. The lowest BCUT2D eigenvalue weighted by molar-refractivity contribution is -0.123. The molecule has 2 N–H and O–H groups in total. The van der Waals surface area contributed by atoms with Gasteiger partial charge in [0.1, 0.15) is 5.75 Å². The number of carbonyl (C=O) groups excluding carboxylic acids is 2. The van der Waals surface area contributed by atoms with Crippen molar-refractivity contribution in [2.24, 2.45) is 0 Å². The minimum atomic E-state index is -0.446. The van der Waals surface area contributed by atoms with Crippen LogP contribution >= 0.6 is 0 Å². The Balaban J connectivity index is 1.75. The van der Waals surface area contributed by atoms with Gasteiger partial charge in [-0.1, -0.05) is 17.7 Å². The number of rotatable bonds is 4. The smallest absolute Gasteiger partial charge is 0.276 e. The van der Waals surface area contributed by atoms with Crippen LogP contribution in [0.15, 0.2) is 48.8 Å². The van der Waals surface area contributed by atoms with E-state index in [2.05, 4.69) is 15.8 Å². The minimum absolute atomic E-state index is 0.181. The zero-order valence-electron chi connectivity index (χ0n) is 11.5. The van der Waals surface area contributed by atoms with Crippen molar-refractivity contribution in [2.75, 3.05) is 6.61 Å². The molecular formula is C15H15N3O3. The second-order valence-electron chi connectivity index (χ2n) is 4.34. The summed E-state index contributed by atoms with van der Waals surface area (Å²) in [5, 5.41) is 0. The molecule has 0 aliphatic heterocycles. The predicted molar refractivity (Wildman–Crippen MR) is 76.5 cm³/mol. The summed E-state index contributed by atoms with van der Waals surface area (Å²) < 4.78 is 5.29. The molecule has 0 spiro atoms. The van der Waals surface area contributed by atoms with Crippen molar-refractivity contribution in [3.63, 3.8) is 0 Å². The van der Waals surface area contributed by atoms with Gasteiger partial charge in [-0.15, -0.1) is 0 Å². The van der Waals surface area contributed by atoms with Crippen LogP contribution in [-0.4, -0.2) is 23.4 Å². The van der Waals surface area contributed by atoms with Crippen molar-refractivity contribution in [3.8, 4) is 5.75 Å². The number of amides is 2. The van der Waals surface area contributed by atoms with Crippen molar-refractivity contribution in [2.45, 2.75) is 6.92 Å². The number of aromatic nitrogens is 1. The van der Waals surface area contributed by atoms with Crippen LogP contribution in [-0.2, 0) is 4.79 Å². The summed E-state index contributed by atoms with van der Waals surface area (Å²) in [4.78, 5) is 27.0. The monoisotopic (exact) mass is 285 g/mol. The highest BCUT2D eigenvalue weighted by molar-refractivity contribution is 5.95. The van der Waals surface area contributed by atoms with E-state index < -0.39 is 11.8 Å². The van der Waals surface area contributed by atoms with E-state index in [-0.39, 0.29) is 6.61 Å². The predicted octanol–water partition coefficient (Wildman–Crippen LogP) is 1.23. The maximum Gasteiger partial charge on any atom is 0.276 e. The number of hydrogen-bond donors (Lipinski definition) is 2. The standard InChI is InChI=1S/C15H15N3O3/c1-11-2-4-13(5-3-11)21-10-14(19)17-18-15(20)12-6-8-16-9-7-12/h2-9H,10H2,1H3,(H,17,19)(H,18,20). The Morgan fingerprint density at radius 3 is 2.38 bits per heavy atom. The molecule has 108 valence electrons. The molecule has 21 heavy (non-hydrogen) atoms. The Morgan fingerprint density at radius 2 is 1.71 bits per heavy atom. The molecule has 2 amide bonds. The van der Waals surface area contributed by atoms with Crippen LogP contribution in [0.1, 0.15) is 15.9 Å². The molecule has 2 aromatic rings. The normalized spacial score (nSPS) is 9.76. The minimum Gasteiger partial charge on any atom is -0.484 e. The molecule has 0 fully saturated rings. The molecule has 1 heterocycles. The van der Waals surface area contributed by atoms with Crippen LogP contribution in [0.25, 0.3) is 0 Å².